The molecular weight excluding hydrogens is 268 g/mol. The first-order valence-corrected chi connectivity index (χ1v) is 7.83. The quantitative estimate of drug-likeness (QED) is 0.436. The van der Waals surface area contributed by atoms with Crippen molar-refractivity contribution >= 4 is 17.8 Å². The number of hydrogen-bond acceptors (Lipinski definition) is 5. The Balaban J connectivity index is 1.71. The van der Waals surface area contributed by atoms with Crippen LogP contribution in [0.15, 0.2) is 4.99 Å². The molecule has 1 aliphatic heterocycles. The molecule has 0 amide bonds. The van der Waals surface area contributed by atoms with E-state index in [1.54, 1.807) is 6.21 Å². The molecule has 0 spiro atoms. The van der Waals surface area contributed by atoms with E-state index < -0.39 is 5.92 Å². The van der Waals surface area contributed by atoms with E-state index in [1.807, 2.05) is 13.8 Å². The van der Waals surface area contributed by atoms with Crippen LogP contribution in [-0.4, -0.2) is 62.1 Å². The minimum Gasteiger partial charge on any atom is -0.379 e. The van der Waals surface area contributed by atoms with Gasteiger partial charge in [-0.3, -0.25) is 19.5 Å². The summed E-state index contributed by atoms with van der Waals surface area (Å²) in [6, 6.07) is 0. The number of rotatable bonds is 5. The minimum absolute atomic E-state index is 0.0215. The fourth-order valence-electron chi connectivity index (χ4n) is 2.96. The fourth-order valence-corrected chi connectivity index (χ4v) is 2.96. The Morgan fingerprint density at radius 3 is 2.48 bits per heavy atom. The molecule has 2 fully saturated rings. The van der Waals surface area contributed by atoms with Crippen molar-refractivity contribution in [3.63, 3.8) is 0 Å². The zero-order chi connectivity index (χ0) is 15.3. The molecule has 0 unspecified atom stereocenters. The number of carbonyl (C=O) groups excluding carboxylic acids is 2. The monoisotopic (exact) mass is 294 g/mol. The normalized spacial score (nSPS) is 24.9. The summed E-state index contributed by atoms with van der Waals surface area (Å²) in [6.45, 7) is 9.21. The molecule has 5 heteroatoms. The minimum atomic E-state index is -0.596. The number of nitrogens with zero attached hydrogens (tertiary/aromatic N) is 2. The van der Waals surface area contributed by atoms with Crippen molar-refractivity contribution in [3.8, 4) is 0 Å². The fraction of sp³-hybridized carbons (Fsp3) is 0.812. The van der Waals surface area contributed by atoms with Crippen molar-refractivity contribution in [2.24, 2.45) is 16.3 Å². The molecule has 0 aromatic heterocycles. The topological polar surface area (TPSA) is 59.0 Å². The summed E-state index contributed by atoms with van der Waals surface area (Å²) in [5, 5.41) is 0. The second kappa shape index (κ2) is 7.27. The summed E-state index contributed by atoms with van der Waals surface area (Å²) >= 11 is 0. The van der Waals surface area contributed by atoms with E-state index >= 15 is 0 Å². The number of aliphatic imine (C=N–C) groups is 1. The number of Topliss-reactive ketones (excluding diaryl/α,β-unsaturated/α-hetero) is 2. The largest absolute Gasteiger partial charge is 0.379 e. The Morgan fingerprint density at radius 2 is 1.86 bits per heavy atom. The molecule has 0 N–H and O–H groups in total. The Labute approximate surface area is 126 Å². The van der Waals surface area contributed by atoms with Gasteiger partial charge in [-0.25, -0.2) is 0 Å². The van der Waals surface area contributed by atoms with Gasteiger partial charge in [0.25, 0.3) is 0 Å². The first kappa shape index (κ1) is 16.3. The highest BCUT2D eigenvalue weighted by atomic mass is 16.5. The Kier molecular flexibility index (Phi) is 5.65. The van der Waals surface area contributed by atoms with Crippen LogP contribution in [0.2, 0.25) is 0 Å². The molecule has 2 aliphatic rings. The van der Waals surface area contributed by atoms with Crippen LogP contribution in [0.1, 0.15) is 33.1 Å². The van der Waals surface area contributed by atoms with Crippen molar-refractivity contribution in [1.29, 1.82) is 0 Å². The summed E-state index contributed by atoms with van der Waals surface area (Å²) in [5.74, 6) is -0.553. The summed E-state index contributed by atoms with van der Waals surface area (Å²) in [6.07, 6.45) is 3.49. The Hall–Kier alpha value is -1.07. The third-order valence-corrected chi connectivity index (χ3v) is 4.12. The lowest BCUT2D eigenvalue weighted by Gasteiger charge is -2.30. The second-order valence-electron chi connectivity index (χ2n) is 6.79. The first-order valence-electron chi connectivity index (χ1n) is 7.83. The van der Waals surface area contributed by atoms with Crippen molar-refractivity contribution in [2.75, 3.05) is 39.4 Å². The van der Waals surface area contributed by atoms with E-state index in [0.29, 0.717) is 19.4 Å². The molecule has 118 valence electrons. The van der Waals surface area contributed by atoms with Crippen molar-refractivity contribution in [2.45, 2.75) is 33.1 Å². The second-order valence-corrected chi connectivity index (χ2v) is 6.79. The molecule has 1 saturated carbocycles. The van der Waals surface area contributed by atoms with E-state index in [9.17, 15) is 9.59 Å². The molecule has 0 atom stereocenters. The van der Waals surface area contributed by atoms with Gasteiger partial charge in [0.15, 0.2) is 0 Å². The van der Waals surface area contributed by atoms with Crippen LogP contribution in [0, 0.1) is 11.3 Å². The zero-order valence-corrected chi connectivity index (χ0v) is 13.1. The summed E-state index contributed by atoms with van der Waals surface area (Å²) in [5.41, 5.74) is -0.186. The zero-order valence-electron chi connectivity index (χ0n) is 13.1. The predicted molar refractivity (Wildman–Crippen MR) is 81.8 cm³/mol. The maximum absolute atomic E-state index is 12.0. The summed E-state index contributed by atoms with van der Waals surface area (Å²) in [7, 11) is 0. The molecule has 0 aromatic carbocycles. The summed E-state index contributed by atoms with van der Waals surface area (Å²) < 4.78 is 5.30. The average molecular weight is 294 g/mol. The van der Waals surface area contributed by atoms with Crippen LogP contribution in [-0.2, 0) is 14.3 Å². The molecular formula is C16H26N2O3. The average Bonchev–Trinajstić information content (AvgIpc) is 2.41. The van der Waals surface area contributed by atoms with Crippen molar-refractivity contribution < 1.29 is 14.3 Å². The smallest absolute Gasteiger partial charge is 0.149 e. The number of morpholine rings is 1. The first-order chi connectivity index (χ1) is 9.98. The van der Waals surface area contributed by atoms with Gasteiger partial charge in [-0.1, -0.05) is 13.8 Å². The van der Waals surface area contributed by atoms with Gasteiger partial charge in [-0.05, 0) is 11.8 Å². The number of ketones is 2. The molecule has 1 aliphatic carbocycles. The number of ether oxygens (including phenoxy) is 1. The van der Waals surface area contributed by atoms with Gasteiger partial charge < -0.3 is 4.74 Å². The van der Waals surface area contributed by atoms with Crippen molar-refractivity contribution in [1.82, 2.24) is 4.90 Å². The molecule has 0 radical (unpaired) electrons. The lowest BCUT2D eigenvalue weighted by Crippen LogP contribution is -2.38. The molecule has 0 bridgehead atoms. The molecule has 1 heterocycles. The van der Waals surface area contributed by atoms with Gasteiger partial charge in [0, 0.05) is 45.2 Å². The SMILES string of the molecule is CC1(C)CC(=O)C(C=NCCCN2CCOCC2)C(=O)C1. The van der Waals surface area contributed by atoms with E-state index in [2.05, 4.69) is 9.89 Å². The summed E-state index contributed by atoms with van der Waals surface area (Å²) in [4.78, 5) is 30.7. The molecule has 21 heavy (non-hydrogen) atoms. The van der Waals surface area contributed by atoms with Gasteiger partial charge in [0.05, 0.1) is 13.2 Å². The van der Waals surface area contributed by atoms with Crippen LogP contribution in [0.4, 0.5) is 0 Å². The van der Waals surface area contributed by atoms with E-state index in [0.717, 1.165) is 39.3 Å². The third-order valence-electron chi connectivity index (χ3n) is 4.12. The van der Waals surface area contributed by atoms with Crippen molar-refractivity contribution in [3.05, 3.63) is 0 Å². The van der Waals surface area contributed by atoms with Crippen LogP contribution in [0.5, 0.6) is 0 Å². The van der Waals surface area contributed by atoms with Gasteiger partial charge in [0.1, 0.15) is 17.5 Å². The van der Waals surface area contributed by atoms with Crippen LogP contribution in [0.25, 0.3) is 0 Å². The number of carbonyl (C=O) groups is 2. The molecule has 2 rings (SSSR count). The van der Waals surface area contributed by atoms with E-state index in [-0.39, 0.29) is 17.0 Å². The standard InChI is InChI=1S/C16H26N2O3/c1-16(2)10-14(19)13(15(20)11-16)12-17-4-3-5-18-6-8-21-9-7-18/h12-13H,3-11H2,1-2H3. The number of hydrogen-bond donors (Lipinski definition) is 0. The molecule has 0 aromatic rings. The van der Waals surface area contributed by atoms with Gasteiger partial charge in [-0.2, -0.15) is 0 Å². The van der Waals surface area contributed by atoms with Gasteiger partial charge in [-0.15, -0.1) is 0 Å². The van der Waals surface area contributed by atoms with Gasteiger partial charge >= 0.3 is 0 Å². The van der Waals surface area contributed by atoms with Crippen LogP contribution < -0.4 is 0 Å². The van der Waals surface area contributed by atoms with Crippen LogP contribution in [0.3, 0.4) is 0 Å². The molecule has 5 nitrogen and oxygen atoms in total. The highest BCUT2D eigenvalue weighted by Gasteiger charge is 2.38. The van der Waals surface area contributed by atoms with E-state index in [4.69, 9.17) is 4.74 Å². The third kappa shape index (κ3) is 5.00. The maximum atomic E-state index is 12.0. The Bertz CT molecular complexity index is 392. The lowest BCUT2D eigenvalue weighted by atomic mass is 9.72. The predicted octanol–water partition coefficient (Wildman–Crippen LogP) is 1.35. The highest BCUT2D eigenvalue weighted by molar-refractivity contribution is 6.16. The maximum Gasteiger partial charge on any atom is 0.149 e. The van der Waals surface area contributed by atoms with Gasteiger partial charge in [0.2, 0.25) is 0 Å². The lowest BCUT2D eigenvalue weighted by molar-refractivity contribution is -0.136. The Morgan fingerprint density at radius 1 is 1.24 bits per heavy atom. The highest BCUT2D eigenvalue weighted by Crippen LogP contribution is 2.33. The van der Waals surface area contributed by atoms with E-state index in [1.165, 1.54) is 0 Å². The van der Waals surface area contributed by atoms with Crippen LogP contribution >= 0.6 is 0 Å². The molecule has 1 saturated heterocycles.